The Balaban J connectivity index is 2.02. The van der Waals surface area contributed by atoms with Crippen LogP contribution in [0.15, 0.2) is 30.3 Å². The monoisotopic (exact) mass is 232 g/mol. The van der Waals surface area contributed by atoms with Crippen molar-refractivity contribution in [3.05, 3.63) is 30.3 Å². The molecule has 1 fully saturated rings. The smallest absolute Gasteiger partial charge is 0.294 e. The quantitative estimate of drug-likeness (QED) is 0.868. The fraction of sp³-hybridized carbons (Fsp3) is 0.385. The summed E-state index contributed by atoms with van der Waals surface area (Å²) in [6.07, 6.45) is 1.80. The third-order valence-corrected chi connectivity index (χ3v) is 2.81. The van der Waals surface area contributed by atoms with Gasteiger partial charge >= 0.3 is 6.03 Å². The first-order valence-corrected chi connectivity index (χ1v) is 5.89. The maximum atomic E-state index is 11.9. The highest BCUT2D eigenvalue weighted by Gasteiger charge is 2.31. The summed E-state index contributed by atoms with van der Waals surface area (Å²) in [4.78, 5) is 25.0. The number of carbonyl (C=O) groups excluding carboxylic acids is 2. The number of amides is 3. The Morgan fingerprint density at radius 3 is 2.47 bits per heavy atom. The van der Waals surface area contributed by atoms with Gasteiger partial charge in [-0.15, -0.1) is 0 Å². The van der Waals surface area contributed by atoms with Crippen LogP contribution in [0, 0.1) is 5.92 Å². The van der Waals surface area contributed by atoms with Crippen LogP contribution in [-0.4, -0.2) is 18.5 Å². The summed E-state index contributed by atoms with van der Waals surface area (Å²) >= 11 is 0. The Hall–Kier alpha value is -1.84. The molecule has 0 heterocycles. The molecule has 0 atom stereocenters. The number of carbonyl (C=O) groups is 2. The summed E-state index contributed by atoms with van der Waals surface area (Å²) in [6, 6.07) is 9.00. The van der Waals surface area contributed by atoms with Crippen molar-refractivity contribution in [2.24, 2.45) is 5.92 Å². The van der Waals surface area contributed by atoms with Gasteiger partial charge in [-0.2, -0.15) is 0 Å². The van der Waals surface area contributed by atoms with E-state index in [1.807, 2.05) is 37.3 Å². The summed E-state index contributed by atoms with van der Waals surface area (Å²) in [7, 11) is 0. The van der Waals surface area contributed by atoms with Crippen LogP contribution in [0.25, 0.3) is 0 Å². The van der Waals surface area contributed by atoms with Gasteiger partial charge in [-0.05, 0) is 31.9 Å². The normalized spacial score (nSPS) is 14.2. The average molecular weight is 232 g/mol. The van der Waals surface area contributed by atoms with E-state index in [9.17, 15) is 9.59 Å². The molecule has 0 unspecified atom stereocenters. The molecule has 4 nitrogen and oxygen atoms in total. The number of anilines is 1. The standard InChI is InChI=1S/C13H16N2O2/c1-2-15(11-6-4-3-5-7-11)13(17)14-12(16)10-8-9-10/h3-7,10H,2,8-9H2,1H3,(H,14,16,17). The van der Waals surface area contributed by atoms with Crippen LogP contribution >= 0.6 is 0 Å². The SMILES string of the molecule is CCN(C(=O)NC(=O)C1CC1)c1ccccc1. The molecular weight excluding hydrogens is 216 g/mol. The minimum atomic E-state index is -0.337. The highest BCUT2D eigenvalue weighted by atomic mass is 16.2. The predicted octanol–water partition coefficient (Wildman–Crippen LogP) is 2.16. The molecule has 3 amide bonds. The maximum absolute atomic E-state index is 11.9. The number of rotatable bonds is 3. The summed E-state index contributed by atoms with van der Waals surface area (Å²) in [5, 5.41) is 2.44. The van der Waals surface area contributed by atoms with Gasteiger partial charge in [-0.1, -0.05) is 18.2 Å². The van der Waals surface area contributed by atoms with E-state index in [0.29, 0.717) is 6.54 Å². The largest absolute Gasteiger partial charge is 0.328 e. The number of imide groups is 1. The molecule has 1 aliphatic carbocycles. The minimum Gasteiger partial charge on any atom is -0.294 e. The van der Waals surface area contributed by atoms with Crippen molar-refractivity contribution in [3.63, 3.8) is 0 Å². The summed E-state index contributed by atoms with van der Waals surface area (Å²) < 4.78 is 0. The molecule has 1 aromatic rings. The van der Waals surface area contributed by atoms with Crippen LogP contribution in [0.3, 0.4) is 0 Å². The van der Waals surface area contributed by atoms with Gasteiger partial charge in [-0.3, -0.25) is 15.0 Å². The fourth-order valence-electron chi connectivity index (χ4n) is 1.67. The zero-order valence-electron chi connectivity index (χ0n) is 9.85. The summed E-state index contributed by atoms with van der Waals surface area (Å²) in [5.41, 5.74) is 0.802. The lowest BCUT2D eigenvalue weighted by Gasteiger charge is -2.20. The van der Waals surface area contributed by atoms with E-state index >= 15 is 0 Å². The van der Waals surface area contributed by atoms with Crippen molar-refractivity contribution >= 4 is 17.6 Å². The number of hydrogen-bond acceptors (Lipinski definition) is 2. The first-order chi connectivity index (χ1) is 8.22. The van der Waals surface area contributed by atoms with E-state index in [1.54, 1.807) is 4.90 Å². The molecule has 0 radical (unpaired) electrons. The summed E-state index contributed by atoms with van der Waals surface area (Å²) in [6.45, 7) is 2.42. The molecule has 1 N–H and O–H groups in total. The van der Waals surface area contributed by atoms with Crippen molar-refractivity contribution in [1.29, 1.82) is 0 Å². The van der Waals surface area contributed by atoms with E-state index in [0.717, 1.165) is 18.5 Å². The molecule has 2 rings (SSSR count). The topological polar surface area (TPSA) is 49.4 Å². The van der Waals surface area contributed by atoms with Crippen molar-refractivity contribution in [2.75, 3.05) is 11.4 Å². The predicted molar refractivity (Wildman–Crippen MR) is 65.7 cm³/mol. The number of nitrogens with one attached hydrogen (secondary N) is 1. The van der Waals surface area contributed by atoms with Crippen molar-refractivity contribution in [1.82, 2.24) is 5.32 Å². The van der Waals surface area contributed by atoms with Gasteiger partial charge in [-0.25, -0.2) is 4.79 Å². The zero-order valence-corrected chi connectivity index (χ0v) is 9.85. The Morgan fingerprint density at radius 2 is 1.94 bits per heavy atom. The highest BCUT2D eigenvalue weighted by molar-refractivity contribution is 6.03. The Kier molecular flexibility index (Phi) is 3.42. The first kappa shape index (κ1) is 11.6. The molecule has 1 saturated carbocycles. The van der Waals surface area contributed by atoms with Gasteiger partial charge in [0.05, 0.1) is 0 Å². The van der Waals surface area contributed by atoms with Crippen LogP contribution in [0.4, 0.5) is 10.5 Å². The van der Waals surface area contributed by atoms with E-state index in [4.69, 9.17) is 0 Å². The van der Waals surface area contributed by atoms with Crippen LogP contribution in [0.1, 0.15) is 19.8 Å². The number of hydrogen-bond donors (Lipinski definition) is 1. The third kappa shape index (κ3) is 2.84. The Labute approximate surface area is 101 Å². The lowest BCUT2D eigenvalue weighted by molar-refractivity contribution is -0.121. The van der Waals surface area contributed by atoms with Crippen molar-refractivity contribution in [3.8, 4) is 0 Å². The zero-order chi connectivity index (χ0) is 12.3. The second-order valence-electron chi connectivity index (χ2n) is 4.15. The first-order valence-electron chi connectivity index (χ1n) is 5.89. The number of urea groups is 1. The van der Waals surface area contributed by atoms with Crippen LogP contribution in [0.2, 0.25) is 0 Å². The second-order valence-corrected chi connectivity index (χ2v) is 4.15. The molecule has 1 aliphatic rings. The van der Waals surface area contributed by atoms with E-state index in [2.05, 4.69) is 5.32 Å². The number of nitrogens with zero attached hydrogens (tertiary/aromatic N) is 1. The fourth-order valence-corrected chi connectivity index (χ4v) is 1.67. The third-order valence-electron chi connectivity index (χ3n) is 2.81. The van der Waals surface area contributed by atoms with Crippen LogP contribution in [0.5, 0.6) is 0 Å². The van der Waals surface area contributed by atoms with Crippen molar-refractivity contribution in [2.45, 2.75) is 19.8 Å². The average Bonchev–Trinajstić information content (AvgIpc) is 3.15. The maximum Gasteiger partial charge on any atom is 0.328 e. The second kappa shape index (κ2) is 4.99. The van der Waals surface area contributed by atoms with Gasteiger partial charge < -0.3 is 0 Å². The molecular formula is C13H16N2O2. The van der Waals surface area contributed by atoms with E-state index in [1.165, 1.54) is 0 Å². The van der Waals surface area contributed by atoms with Gasteiger partial charge in [0.15, 0.2) is 0 Å². The van der Waals surface area contributed by atoms with Crippen molar-refractivity contribution < 1.29 is 9.59 Å². The van der Waals surface area contributed by atoms with E-state index in [-0.39, 0.29) is 17.9 Å². The van der Waals surface area contributed by atoms with E-state index < -0.39 is 0 Å². The molecule has 0 aliphatic heterocycles. The van der Waals surface area contributed by atoms with Crippen LogP contribution < -0.4 is 10.2 Å². The summed E-state index contributed by atoms with van der Waals surface area (Å²) in [5.74, 6) is -0.0992. The minimum absolute atomic E-state index is 0.0495. The van der Waals surface area contributed by atoms with Gasteiger partial charge in [0.1, 0.15) is 0 Å². The molecule has 0 saturated heterocycles. The molecule has 17 heavy (non-hydrogen) atoms. The molecule has 0 aromatic heterocycles. The lowest BCUT2D eigenvalue weighted by atomic mass is 10.3. The lowest BCUT2D eigenvalue weighted by Crippen LogP contribution is -2.43. The number of para-hydroxylation sites is 1. The molecule has 1 aromatic carbocycles. The van der Waals surface area contributed by atoms with Gasteiger partial charge in [0, 0.05) is 18.2 Å². The molecule has 0 spiro atoms. The molecule has 0 bridgehead atoms. The highest BCUT2D eigenvalue weighted by Crippen LogP contribution is 2.28. The Bertz CT molecular complexity index is 413. The molecule has 90 valence electrons. The number of benzene rings is 1. The van der Waals surface area contributed by atoms with Gasteiger partial charge in [0.25, 0.3) is 0 Å². The Morgan fingerprint density at radius 1 is 1.29 bits per heavy atom. The van der Waals surface area contributed by atoms with Crippen LogP contribution in [-0.2, 0) is 4.79 Å². The van der Waals surface area contributed by atoms with Gasteiger partial charge in [0.2, 0.25) is 5.91 Å². The molecule has 4 heteroatoms.